The molecule has 4 aromatic rings. The van der Waals surface area contributed by atoms with Gasteiger partial charge in [-0.1, -0.05) is 12.1 Å². The van der Waals surface area contributed by atoms with Crippen molar-refractivity contribution in [2.45, 2.75) is 13.5 Å². The molecule has 2 aromatic carbocycles. The first kappa shape index (κ1) is 23.3. The Morgan fingerprint density at radius 1 is 1.21 bits per heavy atom. The van der Waals surface area contributed by atoms with Gasteiger partial charge in [0, 0.05) is 12.1 Å². The molecule has 0 radical (unpaired) electrons. The number of hydrogen-bond acceptors (Lipinski definition) is 7. The van der Waals surface area contributed by atoms with E-state index in [0.29, 0.717) is 27.7 Å². The molecule has 4 rings (SSSR count). The standard InChI is InChI=1S/C14H13FN6O.C8H4ClNO/c1-7-4-8(2-3-9(7)15)5-17-14(22)12-10-11(18-6-19-12)13(16)21-20-10;9-8(11)7-3-1-6(5-10)2-4-7/h2-4,6H,5H2,1H3,(H,17,22)(H3,16,20,21);1-4H. The Labute approximate surface area is 192 Å². The number of nitrogens with two attached hydrogens (primary N) is 1. The van der Waals surface area contributed by atoms with Crippen LogP contribution in [0.5, 0.6) is 0 Å². The highest BCUT2D eigenvalue weighted by Crippen LogP contribution is 2.17. The van der Waals surface area contributed by atoms with E-state index in [0.717, 1.165) is 5.56 Å². The minimum atomic E-state index is -0.505. The van der Waals surface area contributed by atoms with Crippen LogP contribution in [0.1, 0.15) is 37.5 Å². The van der Waals surface area contributed by atoms with Crippen LogP contribution < -0.4 is 11.1 Å². The molecular formula is C22H17ClFN7O2. The Kier molecular flexibility index (Phi) is 7.27. The number of nitrogens with zero attached hydrogens (tertiary/aromatic N) is 4. The van der Waals surface area contributed by atoms with E-state index in [2.05, 4.69) is 25.5 Å². The van der Waals surface area contributed by atoms with Crippen molar-refractivity contribution in [3.8, 4) is 6.07 Å². The van der Waals surface area contributed by atoms with Gasteiger partial charge in [-0.15, -0.1) is 0 Å². The lowest BCUT2D eigenvalue weighted by Gasteiger charge is -2.06. The highest BCUT2D eigenvalue weighted by Gasteiger charge is 2.16. The summed E-state index contributed by atoms with van der Waals surface area (Å²) in [5.74, 6) is -0.459. The summed E-state index contributed by atoms with van der Waals surface area (Å²) in [6.45, 7) is 1.93. The molecule has 11 heteroatoms. The fourth-order valence-corrected chi connectivity index (χ4v) is 2.91. The normalized spacial score (nSPS) is 10.1. The zero-order valence-corrected chi connectivity index (χ0v) is 18.0. The van der Waals surface area contributed by atoms with Crippen LogP contribution in [-0.2, 0) is 6.54 Å². The molecule has 0 spiro atoms. The number of amides is 1. The minimum Gasteiger partial charge on any atom is -0.380 e. The molecule has 0 aliphatic carbocycles. The third-order valence-corrected chi connectivity index (χ3v) is 4.73. The number of aromatic nitrogens is 4. The van der Waals surface area contributed by atoms with Gasteiger partial charge < -0.3 is 11.1 Å². The molecule has 0 atom stereocenters. The van der Waals surface area contributed by atoms with Gasteiger partial charge >= 0.3 is 0 Å². The number of fused-ring (bicyclic) bond motifs is 1. The van der Waals surface area contributed by atoms with E-state index in [1.807, 2.05) is 6.07 Å². The number of benzene rings is 2. The van der Waals surface area contributed by atoms with Gasteiger partial charge in [-0.25, -0.2) is 14.4 Å². The van der Waals surface area contributed by atoms with Crippen molar-refractivity contribution in [3.63, 3.8) is 0 Å². The third-order valence-electron chi connectivity index (χ3n) is 4.51. The van der Waals surface area contributed by atoms with Crippen LogP contribution in [-0.4, -0.2) is 31.3 Å². The number of nitrogen functional groups attached to an aromatic ring is 1. The number of carbonyl (C=O) groups excluding carboxylic acids is 2. The number of anilines is 1. The maximum absolute atomic E-state index is 13.2. The Morgan fingerprint density at radius 3 is 2.58 bits per heavy atom. The molecule has 33 heavy (non-hydrogen) atoms. The Balaban J connectivity index is 0.000000235. The zero-order valence-electron chi connectivity index (χ0n) is 17.3. The summed E-state index contributed by atoms with van der Waals surface area (Å²) in [6.07, 6.45) is 1.26. The van der Waals surface area contributed by atoms with Crippen LogP contribution in [0.4, 0.5) is 10.2 Å². The fourth-order valence-electron chi connectivity index (χ4n) is 2.79. The van der Waals surface area contributed by atoms with Crippen molar-refractivity contribution in [3.05, 3.63) is 82.6 Å². The Hall–Kier alpha value is -4.36. The second kappa shape index (κ2) is 10.3. The van der Waals surface area contributed by atoms with Crippen LogP contribution in [0, 0.1) is 24.1 Å². The highest BCUT2D eigenvalue weighted by molar-refractivity contribution is 6.67. The lowest BCUT2D eigenvalue weighted by molar-refractivity contribution is 0.0947. The molecule has 0 unspecified atom stereocenters. The summed E-state index contributed by atoms with van der Waals surface area (Å²) < 4.78 is 13.2. The molecule has 0 saturated heterocycles. The highest BCUT2D eigenvalue weighted by atomic mass is 35.5. The van der Waals surface area contributed by atoms with Crippen LogP contribution in [0.15, 0.2) is 48.8 Å². The van der Waals surface area contributed by atoms with Crippen LogP contribution in [0.3, 0.4) is 0 Å². The van der Waals surface area contributed by atoms with Gasteiger partial charge in [0.2, 0.25) is 0 Å². The zero-order chi connectivity index (χ0) is 24.0. The van der Waals surface area contributed by atoms with E-state index in [-0.39, 0.29) is 23.9 Å². The number of hydrogen-bond donors (Lipinski definition) is 3. The smallest absolute Gasteiger partial charge is 0.272 e. The number of halogens is 2. The molecular weight excluding hydrogens is 449 g/mol. The number of aromatic amines is 1. The van der Waals surface area contributed by atoms with E-state index < -0.39 is 11.1 Å². The average molecular weight is 466 g/mol. The molecule has 0 fully saturated rings. The summed E-state index contributed by atoms with van der Waals surface area (Å²) in [5, 5.41) is 17.1. The molecule has 0 aliphatic rings. The van der Waals surface area contributed by atoms with Gasteiger partial charge in [0.05, 0.1) is 11.6 Å². The van der Waals surface area contributed by atoms with Crippen LogP contribution >= 0.6 is 11.6 Å². The van der Waals surface area contributed by atoms with Gasteiger partial charge in [0.25, 0.3) is 11.1 Å². The van der Waals surface area contributed by atoms with Gasteiger partial charge in [0.15, 0.2) is 11.5 Å². The van der Waals surface area contributed by atoms with E-state index in [4.69, 9.17) is 22.6 Å². The first-order chi connectivity index (χ1) is 15.8. The third kappa shape index (κ3) is 5.66. The summed E-state index contributed by atoms with van der Waals surface area (Å²) >= 11 is 5.18. The molecule has 4 N–H and O–H groups in total. The van der Waals surface area contributed by atoms with Gasteiger partial charge in [-0.3, -0.25) is 14.7 Å². The SMILES string of the molecule is Cc1cc(CNC(=O)c2ncnc3c(N)n[nH]c23)ccc1F.N#Cc1ccc(C(=O)Cl)cc1. The van der Waals surface area contributed by atoms with Crippen molar-refractivity contribution in [1.29, 1.82) is 5.26 Å². The summed E-state index contributed by atoms with van der Waals surface area (Å²) in [4.78, 5) is 30.7. The van der Waals surface area contributed by atoms with E-state index >= 15 is 0 Å². The van der Waals surface area contributed by atoms with Gasteiger partial charge in [-0.2, -0.15) is 10.4 Å². The van der Waals surface area contributed by atoms with Crippen molar-refractivity contribution in [1.82, 2.24) is 25.5 Å². The Bertz CT molecular complexity index is 1360. The molecule has 9 nitrogen and oxygen atoms in total. The molecule has 0 saturated carbocycles. The number of rotatable bonds is 4. The second-order valence-electron chi connectivity index (χ2n) is 6.78. The monoisotopic (exact) mass is 465 g/mol. The van der Waals surface area contributed by atoms with Crippen LogP contribution in [0.25, 0.3) is 11.0 Å². The summed E-state index contributed by atoms with van der Waals surface area (Å²) in [6, 6.07) is 12.8. The first-order valence-electron chi connectivity index (χ1n) is 9.48. The van der Waals surface area contributed by atoms with Crippen molar-refractivity contribution in [2.75, 3.05) is 5.73 Å². The van der Waals surface area contributed by atoms with Crippen molar-refractivity contribution < 1.29 is 14.0 Å². The lowest BCUT2D eigenvalue weighted by Crippen LogP contribution is -2.24. The molecule has 0 aliphatic heterocycles. The van der Waals surface area contributed by atoms with Crippen LogP contribution in [0.2, 0.25) is 0 Å². The maximum atomic E-state index is 13.2. The predicted octanol–water partition coefficient (Wildman–Crippen LogP) is 3.25. The first-order valence-corrected chi connectivity index (χ1v) is 9.85. The quantitative estimate of drug-likeness (QED) is 0.391. The summed E-state index contributed by atoms with van der Waals surface area (Å²) in [5.41, 5.74) is 8.83. The molecule has 1 amide bonds. The fraction of sp³-hybridized carbons (Fsp3) is 0.0909. The van der Waals surface area contributed by atoms with Gasteiger partial charge in [0.1, 0.15) is 23.2 Å². The lowest BCUT2D eigenvalue weighted by atomic mass is 10.1. The maximum Gasteiger partial charge on any atom is 0.272 e. The number of nitriles is 1. The minimum absolute atomic E-state index is 0.160. The molecule has 2 heterocycles. The molecule has 166 valence electrons. The summed E-state index contributed by atoms with van der Waals surface area (Å²) in [7, 11) is 0. The van der Waals surface area contributed by atoms with Crippen molar-refractivity contribution in [2.24, 2.45) is 0 Å². The average Bonchev–Trinajstić information content (AvgIpc) is 3.21. The predicted molar refractivity (Wildman–Crippen MR) is 120 cm³/mol. The topological polar surface area (TPSA) is 150 Å². The number of H-pyrrole nitrogens is 1. The largest absolute Gasteiger partial charge is 0.380 e. The Morgan fingerprint density at radius 2 is 1.94 bits per heavy atom. The van der Waals surface area contributed by atoms with E-state index in [9.17, 15) is 14.0 Å². The number of carbonyl (C=O) groups is 2. The number of aryl methyl sites for hydroxylation is 1. The number of nitrogens with one attached hydrogen (secondary N) is 2. The molecule has 0 bridgehead atoms. The van der Waals surface area contributed by atoms with Crippen molar-refractivity contribution >= 4 is 39.6 Å². The molecule has 2 aromatic heterocycles. The van der Waals surface area contributed by atoms with Gasteiger partial charge in [-0.05, 0) is 60.0 Å². The second-order valence-corrected chi connectivity index (χ2v) is 7.13. The van der Waals surface area contributed by atoms with E-state index in [1.54, 1.807) is 31.2 Å². The van der Waals surface area contributed by atoms with E-state index in [1.165, 1.54) is 24.5 Å².